The minimum absolute atomic E-state index is 0.339. The summed E-state index contributed by atoms with van der Waals surface area (Å²) in [6, 6.07) is 0. The summed E-state index contributed by atoms with van der Waals surface area (Å²) in [6.45, 7) is 2.29. The van der Waals surface area contributed by atoms with Crippen LogP contribution in [-0.2, 0) is 0 Å². The molecule has 0 bridgehead atoms. The Morgan fingerprint density at radius 3 is 1.17 bits per heavy atom. The van der Waals surface area contributed by atoms with Gasteiger partial charge in [0.1, 0.15) is 5.76 Å². The molecule has 0 aromatic carbocycles. The molecule has 2 nitrogen and oxygen atoms in total. The van der Waals surface area contributed by atoms with Gasteiger partial charge in [0.2, 0.25) is 0 Å². The molecule has 0 heterocycles. The highest BCUT2D eigenvalue weighted by molar-refractivity contribution is 4.85. The van der Waals surface area contributed by atoms with Crippen LogP contribution in [0.15, 0.2) is 12.0 Å². The van der Waals surface area contributed by atoms with Crippen LogP contribution in [0.3, 0.4) is 0 Å². The molecule has 0 rings (SSSR count). The molecule has 0 atom stereocenters. The Bertz CT molecular complexity index is 263. The number of hydrogen-bond acceptors (Lipinski definition) is 2. The molecule has 2 heteroatoms. The maximum Gasteiger partial charge on any atom is 0.108 e. The van der Waals surface area contributed by atoms with E-state index >= 15 is 0 Å². The Morgan fingerprint density at radius 1 is 0.583 bits per heavy atom. The van der Waals surface area contributed by atoms with Crippen molar-refractivity contribution >= 4 is 0 Å². The lowest BCUT2D eigenvalue weighted by molar-refractivity contribution is 0.378. The minimum Gasteiger partial charge on any atom is -0.511 e. The average molecular weight is 340 g/mol. The van der Waals surface area contributed by atoms with Crippen molar-refractivity contribution in [3.8, 4) is 0 Å². The second-order valence-electron chi connectivity index (χ2n) is 7.42. The molecule has 3 N–H and O–H groups in total. The van der Waals surface area contributed by atoms with E-state index in [0.717, 1.165) is 12.8 Å². The molecule has 0 amide bonds. The summed E-state index contributed by atoms with van der Waals surface area (Å²) >= 11 is 0. The topological polar surface area (TPSA) is 46.2 Å². The third-order valence-electron chi connectivity index (χ3n) is 4.98. The Labute approximate surface area is 152 Å². The van der Waals surface area contributed by atoms with E-state index in [1.54, 1.807) is 0 Å². The molecule has 0 aliphatic carbocycles. The van der Waals surface area contributed by atoms with E-state index in [-0.39, 0.29) is 0 Å². The van der Waals surface area contributed by atoms with Crippen LogP contribution in [0.25, 0.3) is 0 Å². The molecular weight excluding hydrogens is 294 g/mol. The van der Waals surface area contributed by atoms with Gasteiger partial charge in [0.05, 0.1) is 0 Å². The fraction of sp³-hybridized carbons (Fsp3) is 0.909. The zero-order valence-corrected chi connectivity index (χ0v) is 16.5. The van der Waals surface area contributed by atoms with Crippen LogP contribution in [0.4, 0.5) is 0 Å². The van der Waals surface area contributed by atoms with E-state index in [1.165, 1.54) is 115 Å². The van der Waals surface area contributed by atoms with Crippen molar-refractivity contribution in [2.24, 2.45) is 5.73 Å². The van der Waals surface area contributed by atoms with Crippen molar-refractivity contribution in [1.29, 1.82) is 0 Å². The number of rotatable bonds is 19. The normalized spacial score (nSPS) is 12.0. The Morgan fingerprint density at radius 2 is 0.875 bits per heavy atom. The van der Waals surface area contributed by atoms with Gasteiger partial charge in [-0.15, -0.1) is 0 Å². The number of aliphatic hydroxyl groups excluding tert-OH is 1. The van der Waals surface area contributed by atoms with Crippen LogP contribution in [0.2, 0.25) is 0 Å². The second kappa shape index (κ2) is 20.4. The molecule has 144 valence electrons. The van der Waals surface area contributed by atoms with E-state index in [9.17, 15) is 5.11 Å². The van der Waals surface area contributed by atoms with Gasteiger partial charge in [-0.05, 0) is 6.42 Å². The summed E-state index contributed by atoms with van der Waals surface area (Å²) in [5, 5.41) is 9.23. The summed E-state index contributed by atoms with van der Waals surface area (Å²) in [4.78, 5) is 0. The smallest absolute Gasteiger partial charge is 0.108 e. The Kier molecular flexibility index (Phi) is 19.8. The van der Waals surface area contributed by atoms with Gasteiger partial charge in [0.25, 0.3) is 0 Å². The quantitative estimate of drug-likeness (QED) is 0.186. The van der Waals surface area contributed by atoms with Crippen molar-refractivity contribution in [2.45, 2.75) is 129 Å². The lowest BCUT2D eigenvalue weighted by Gasteiger charge is -2.04. The van der Waals surface area contributed by atoms with Gasteiger partial charge in [-0.1, -0.05) is 116 Å². The second-order valence-corrected chi connectivity index (χ2v) is 7.42. The zero-order valence-electron chi connectivity index (χ0n) is 16.5. The third kappa shape index (κ3) is 19.4. The molecule has 24 heavy (non-hydrogen) atoms. The standard InChI is InChI=1S/C22H45NO/c1-2-3-4-5-6-7-8-9-10-11-12-13-14-15-16-17-18-19-20-22(24)21-23/h21,24H,2-20,23H2,1H3. The molecule has 0 aromatic heterocycles. The molecule has 0 unspecified atom stereocenters. The van der Waals surface area contributed by atoms with Gasteiger partial charge < -0.3 is 10.8 Å². The minimum atomic E-state index is 0.339. The number of allylic oxidation sites excluding steroid dienone is 1. The zero-order chi connectivity index (χ0) is 17.7. The van der Waals surface area contributed by atoms with Crippen LogP contribution in [0, 0.1) is 0 Å². The van der Waals surface area contributed by atoms with Gasteiger partial charge in [-0.3, -0.25) is 0 Å². The van der Waals surface area contributed by atoms with Crippen LogP contribution >= 0.6 is 0 Å². The first-order chi connectivity index (χ1) is 11.8. The summed E-state index contributed by atoms with van der Waals surface area (Å²) in [7, 11) is 0. The van der Waals surface area contributed by atoms with E-state index in [1.807, 2.05) is 0 Å². The lowest BCUT2D eigenvalue weighted by atomic mass is 10.0. The van der Waals surface area contributed by atoms with Gasteiger partial charge >= 0.3 is 0 Å². The van der Waals surface area contributed by atoms with E-state index < -0.39 is 0 Å². The van der Waals surface area contributed by atoms with Gasteiger partial charge in [0.15, 0.2) is 0 Å². The molecule has 0 saturated carbocycles. The highest BCUT2D eigenvalue weighted by atomic mass is 16.3. The maximum absolute atomic E-state index is 9.23. The van der Waals surface area contributed by atoms with Gasteiger partial charge in [0, 0.05) is 12.6 Å². The number of nitrogens with two attached hydrogens (primary N) is 1. The van der Waals surface area contributed by atoms with Crippen molar-refractivity contribution < 1.29 is 5.11 Å². The van der Waals surface area contributed by atoms with E-state index in [0.29, 0.717) is 5.76 Å². The molecule has 0 fully saturated rings. The molecule has 0 aromatic rings. The average Bonchev–Trinajstić information content (AvgIpc) is 2.60. The summed E-state index contributed by atoms with van der Waals surface area (Å²) in [6.07, 6.45) is 27.1. The molecule has 0 aliphatic rings. The predicted molar refractivity (Wildman–Crippen MR) is 108 cm³/mol. The van der Waals surface area contributed by atoms with Gasteiger partial charge in [-0.2, -0.15) is 0 Å². The predicted octanol–water partition coefficient (Wildman–Crippen LogP) is 7.78. The molecular formula is C22H45NO. The number of hydrogen-bond donors (Lipinski definition) is 2. The van der Waals surface area contributed by atoms with Crippen molar-refractivity contribution in [2.75, 3.05) is 0 Å². The van der Waals surface area contributed by atoms with Crippen LogP contribution < -0.4 is 5.73 Å². The fourth-order valence-electron chi connectivity index (χ4n) is 3.29. The van der Waals surface area contributed by atoms with E-state index in [4.69, 9.17) is 5.73 Å². The number of unbranched alkanes of at least 4 members (excludes halogenated alkanes) is 17. The fourth-order valence-corrected chi connectivity index (χ4v) is 3.29. The van der Waals surface area contributed by atoms with Crippen LogP contribution in [-0.4, -0.2) is 5.11 Å². The summed E-state index contributed by atoms with van der Waals surface area (Å²) in [5.41, 5.74) is 5.24. The molecule has 0 radical (unpaired) electrons. The largest absolute Gasteiger partial charge is 0.511 e. The van der Waals surface area contributed by atoms with Gasteiger partial charge in [-0.25, -0.2) is 0 Å². The molecule has 0 spiro atoms. The van der Waals surface area contributed by atoms with Crippen molar-refractivity contribution in [3.63, 3.8) is 0 Å². The van der Waals surface area contributed by atoms with Crippen molar-refractivity contribution in [3.05, 3.63) is 12.0 Å². The molecule has 0 saturated heterocycles. The SMILES string of the molecule is CCCCCCCCCCCCCCCCCCCCC(O)=CN. The third-order valence-corrected chi connectivity index (χ3v) is 4.98. The van der Waals surface area contributed by atoms with Crippen LogP contribution in [0.1, 0.15) is 129 Å². The Balaban J connectivity index is 3.00. The molecule has 0 aliphatic heterocycles. The maximum atomic E-state index is 9.23. The van der Waals surface area contributed by atoms with Crippen LogP contribution in [0.5, 0.6) is 0 Å². The monoisotopic (exact) mass is 339 g/mol. The van der Waals surface area contributed by atoms with Crippen molar-refractivity contribution in [1.82, 2.24) is 0 Å². The Hall–Kier alpha value is -0.660. The first-order valence-corrected chi connectivity index (χ1v) is 10.9. The highest BCUT2D eigenvalue weighted by Crippen LogP contribution is 2.14. The number of aliphatic hydroxyl groups is 1. The highest BCUT2D eigenvalue weighted by Gasteiger charge is 1.96. The first kappa shape index (κ1) is 23.3. The summed E-state index contributed by atoms with van der Waals surface area (Å²) in [5.74, 6) is 0.339. The lowest BCUT2D eigenvalue weighted by Crippen LogP contribution is -1.88. The first-order valence-electron chi connectivity index (χ1n) is 10.9. The summed E-state index contributed by atoms with van der Waals surface area (Å²) < 4.78 is 0. The van der Waals surface area contributed by atoms with E-state index in [2.05, 4.69) is 6.92 Å².